The first-order valence-corrected chi connectivity index (χ1v) is 6.49. The SMILES string of the molecule is CNCc1cnc(C)nc1N1CCCC(OC)C1. The molecule has 0 aliphatic carbocycles. The summed E-state index contributed by atoms with van der Waals surface area (Å²) in [6, 6.07) is 0. The van der Waals surface area contributed by atoms with Crippen LogP contribution >= 0.6 is 0 Å². The second kappa shape index (κ2) is 6.11. The fourth-order valence-corrected chi connectivity index (χ4v) is 2.39. The Hall–Kier alpha value is -1.20. The van der Waals surface area contributed by atoms with E-state index in [9.17, 15) is 0 Å². The van der Waals surface area contributed by atoms with Crippen molar-refractivity contribution in [2.75, 3.05) is 32.1 Å². The van der Waals surface area contributed by atoms with E-state index in [0.29, 0.717) is 6.10 Å². The van der Waals surface area contributed by atoms with Gasteiger partial charge in [-0.25, -0.2) is 9.97 Å². The highest BCUT2D eigenvalue weighted by molar-refractivity contribution is 5.46. The number of hydrogen-bond donors (Lipinski definition) is 1. The molecule has 2 rings (SSSR count). The summed E-state index contributed by atoms with van der Waals surface area (Å²) < 4.78 is 5.47. The number of anilines is 1. The summed E-state index contributed by atoms with van der Waals surface area (Å²) in [6.45, 7) is 4.70. The van der Waals surface area contributed by atoms with Gasteiger partial charge in [-0.1, -0.05) is 0 Å². The lowest BCUT2D eigenvalue weighted by molar-refractivity contribution is 0.0891. The molecule has 100 valence electrons. The fraction of sp³-hybridized carbons (Fsp3) is 0.692. The molecule has 0 amide bonds. The van der Waals surface area contributed by atoms with Gasteiger partial charge in [0.1, 0.15) is 11.6 Å². The first-order valence-electron chi connectivity index (χ1n) is 6.49. The van der Waals surface area contributed by atoms with Crippen LogP contribution in [0, 0.1) is 6.92 Å². The van der Waals surface area contributed by atoms with E-state index in [4.69, 9.17) is 4.74 Å². The van der Waals surface area contributed by atoms with E-state index < -0.39 is 0 Å². The monoisotopic (exact) mass is 250 g/mol. The second-order valence-electron chi connectivity index (χ2n) is 4.74. The largest absolute Gasteiger partial charge is 0.380 e. The fourth-order valence-electron chi connectivity index (χ4n) is 2.39. The zero-order valence-electron chi connectivity index (χ0n) is 11.4. The lowest BCUT2D eigenvalue weighted by Gasteiger charge is -2.33. The maximum atomic E-state index is 5.47. The molecule has 1 N–H and O–H groups in total. The third kappa shape index (κ3) is 2.97. The Balaban J connectivity index is 2.22. The molecule has 5 nitrogen and oxygen atoms in total. The Kier molecular flexibility index (Phi) is 4.49. The van der Waals surface area contributed by atoms with Crippen molar-refractivity contribution in [2.24, 2.45) is 0 Å². The zero-order valence-corrected chi connectivity index (χ0v) is 11.4. The summed E-state index contributed by atoms with van der Waals surface area (Å²) in [4.78, 5) is 11.2. The summed E-state index contributed by atoms with van der Waals surface area (Å²) in [5.41, 5.74) is 1.15. The molecule has 0 radical (unpaired) electrons. The molecule has 1 aliphatic heterocycles. The molecule has 1 aromatic rings. The summed E-state index contributed by atoms with van der Waals surface area (Å²) in [6.07, 6.45) is 4.53. The van der Waals surface area contributed by atoms with Gasteiger partial charge in [-0.05, 0) is 26.8 Å². The predicted octanol–water partition coefficient (Wildman–Crippen LogP) is 1.12. The summed E-state index contributed by atoms with van der Waals surface area (Å²) >= 11 is 0. The van der Waals surface area contributed by atoms with Gasteiger partial charge in [-0.3, -0.25) is 0 Å². The molecule has 0 aromatic carbocycles. The third-order valence-electron chi connectivity index (χ3n) is 3.34. The van der Waals surface area contributed by atoms with E-state index >= 15 is 0 Å². The molecule has 0 spiro atoms. The van der Waals surface area contributed by atoms with E-state index in [1.165, 1.54) is 0 Å². The Morgan fingerprint density at radius 3 is 3.11 bits per heavy atom. The number of methoxy groups -OCH3 is 1. The molecule has 1 aromatic heterocycles. The van der Waals surface area contributed by atoms with E-state index in [2.05, 4.69) is 20.2 Å². The van der Waals surface area contributed by atoms with Gasteiger partial charge in [0.05, 0.1) is 6.10 Å². The molecule has 1 aliphatic rings. The van der Waals surface area contributed by atoms with Gasteiger partial charge < -0.3 is 15.0 Å². The van der Waals surface area contributed by atoms with Crippen LogP contribution in [0.5, 0.6) is 0 Å². The van der Waals surface area contributed by atoms with Crippen molar-refractivity contribution in [3.8, 4) is 0 Å². The second-order valence-corrected chi connectivity index (χ2v) is 4.74. The van der Waals surface area contributed by atoms with Crippen LogP contribution in [0.4, 0.5) is 5.82 Å². The average Bonchev–Trinajstić information content (AvgIpc) is 2.41. The minimum atomic E-state index is 0.316. The Morgan fingerprint density at radius 2 is 2.39 bits per heavy atom. The van der Waals surface area contributed by atoms with Gasteiger partial charge in [-0.2, -0.15) is 0 Å². The van der Waals surface area contributed by atoms with Crippen LogP contribution in [0.1, 0.15) is 24.2 Å². The molecule has 0 saturated carbocycles. The lowest BCUT2D eigenvalue weighted by Crippen LogP contribution is -2.40. The number of ether oxygens (including phenoxy) is 1. The van der Waals surface area contributed by atoms with Crippen LogP contribution in [-0.2, 0) is 11.3 Å². The first-order chi connectivity index (χ1) is 8.74. The van der Waals surface area contributed by atoms with Gasteiger partial charge in [0.15, 0.2) is 0 Å². The van der Waals surface area contributed by atoms with Crippen molar-refractivity contribution in [2.45, 2.75) is 32.4 Å². The smallest absolute Gasteiger partial charge is 0.136 e. The highest BCUT2D eigenvalue weighted by atomic mass is 16.5. The van der Waals surface area contributed by atoms with E-state index in [1.54, 1.807) is 7.11 Å². The van der Waals surface area contributed by atoms with Crippen LogP contribution < -0.4 is 10.2 Å². The molecular weight excluding hydrogens is 228 g/mol. The number of hydrogen-bond acceptors (Lipinski definition) is 5. The minimum absolute atomic E-state index is 0.316. The van der Waals surface area contributed by atoms with E-state index in [1.807, 2.05) is 20.2 Å². The van der Waals surface area contributed by atoms with Crippen LogP contribution in [0.25, 0.3) is 0 Å². The Morgan fingerprint density at radius 1 is 1.56 bits per heavy atom. The predicted molar refractivity (Wildman–Crippen MR) is 71.8 cm³/mol. The molecule has 1 fully saturated rings. The van der Waals surface area contributed by atoms with Crippen molar-refractivity contribution in [1.29, 1.82) is 0 Å². The van der Waals surface area contributed by atoms with Crippen molar-refractivity contribution in [1.82, 2.24) is 15.3 Å². The number of rotatable bonds is 4. The van der Waals surface area contributed by atoms with E-state index in [-0.39, 0.29) is 0 Å². The van der Waals surface area contributed by atoms with Crippen LogP contribution in [0.15, 0.2) is 6.20 Å². The number of piperidine rings is 1. The molecule has 2 heterocycles. The maximum Gasteiger partial charge on any atom is 0.136 e. The number of aryl methyl sites for hydroxylation is 1. The van der Waals surface area contributed by atoms with Crippen molar-refractivity contribution in [3.63, 3.8) is 0 Å². The van der Waals surface area contributed by atoms with Gasteiger partial charge in [-0.15, -0.1) is 0 Å². The summed E-state index contributed by atoms with van der Waals surface area (Å²) in [5.74, 6) is 1.88. The maximum absolute atomic E-state index is 5.47. The van der Waals surface area contributed by atoms with Gasteiger partial charge in [0, 0.05) is 38.5 Å². The standard InChI is InChI=1S/C13H22N4O/c1-10-15-8-11(7-14-2)13(16-10)17-6-4-5-12(9-17)18-3/h8,12,14H,4-7,9H2,1-3H3. The number of nitrogens with one attached hydrogen (secondary N) is 1. The van der Waals surface area contributed by atoms with Crippen molar-refractivity contribution in [3.05, 3.63) is 17.6 Å². The van der Waals surface area contributed by atoms with Crippen molar-refractivity contribution >= 4 is 5.82 Å². The minimum Gasteiger partial charge on any atom is -0.380 e. The number of nitrogens with zero attached hydrogens (tertiary/aromatic N) is 3. The Bertz CT molecular complexity index is 397. The molecule has 1 atom stereocenters. The van der Waals surface area contributed by atoms with Crippen LogP contribution in [0.2, 0.25) is 0 Å². The van der Waals surface area contributed by atoms with Crippen LogP contribution in [0.3, 0.4) is 0 Å². The lowest BCUT2D eigenvalue weighted by atomic mass is 10.1. The topological polar surface area (TPSA) is 50.3 Å². The first kappa shape index (κ1) is 13.2. The quantitative estimate of drug-likeness (QED) is 0.868. The van der Waals surface area contributed by atoms with E-state index in [0.717, 1.165) is 49.7 Å². The summed E-state index contributed by atoms with van der Waals surface area (Å²) in [5, 5.41) is 3.17. The summed E-state index contributed by atoms with van der Waals surface area (Å²) in [7, 11) is 3.73. The number of aromatic nitrogens is 2. The highest BCUT2D eigenvalue weighted by Crippen LogP contribution is 2.22. The molecule has 1 saturated heterocycles. The molecule has 18 heavy (non-hydrogen) atoms. The van der Waals surface area contributed by atoms with Crippen molar-refractivity contribution < 1.29 is 4.74 Å². The highest BCUT2D eigenvalue weighted by Gasteiger charge is 2.22. The van der Waals surface area contributed by atoms with Gasteiger partial charge in [0.25, 0.3) is 0 Å². The van der Waals surface area contributed by atoms with Gasteiger partial charge >= 0.3 is 0 Å². The molecule has 0 bridgehead atoms. The normalized spacial score (nSPS) is 20.2. The third-order valence-corrected chi connectivity index (χ3v) is 3.34. The van der Waals surface area contributed by atoms with Gasteiger partial charge in [0.2, 0.25) is 0 Å². The molecular formula is C13H22N4O. The van der Waals surface area contributed by atoms with Crippen LogP contribution in [-0.4, -0.2) is 43.3 Å². The molecule has 5 heteroatoms. The average molecular weight is 250 g/mol. The molecule has 1 unspecified atom stereocenters. The zero-order chi connectivity index (χ0) is 13.0. The Labute approximate surface area is 109 Å².